The van der Waals surface area contributed by atoms with Crippen LogP contribution < -0.4 is 11.1 Å². The lowest BCUT2D eigenvalue weighted by Crippen LogP contribution is -2.39. The lowest BCUT2D eigenvalue weighted by molar-refractivity contribution is 0.0944. The number of halogens is 1. The number of anilines is 1. The molecule has 2 rings (SSSR count). The first-order chi connectivity index (χ1) is 9.58. The molecule has 20 heavy (non-hydrogen) atoms. The van der Waals surface area contributed by atoms with Crippen molar-refractivity contribution in [2.24, 2.45) is 5.92 Å². The Bertz CT molecular complexity index is 470. The van der Waals surface area contributed by atoms with E-state index >= 15 is 0 Å². The molecule has 1 fully saturated rings. The van der Waals surface area contributed by atoms with E-state index in [-0.39, 0.29) is 5.91 Å². The van der Waals surface area contributed by atoms with Gasteiger partial charge in [0.2, 0.25) is 0 Å². The van der Waals surface area contributed by atoms with Crippen molar-refractivity contribution < 1.29 is 4.79 Å². The number of rotatable bonds is 4. The summed E-state index contributed by atoms with van der Waals surface area (Å²) in [6.07, 6.45) is 2.52. The average molecular weight is 340 g/mol. The second kappa shape index (κ2) is 7.09. The van der Waals surface area contributed by atoms with Crippen LogP contribution in [0.2, 0.25) is 0 Å². The number of carbonyl (C=O) groups is 1. The summed E-state index contributed by atoms with van der Waals surface area (Å²) in [6, 6.07) is 5.34. The second-order valence-electron chi connectivity index (χ2n) is 5.49. The Balaban J connectivity index is 1.79. The Kier molecular flexibility index (Phi) is 5.43. The fourth-order valence-corrected chi connectivity index (χ4v) is 2.88. The molecule has 110 valence electrons. The molecule has 5 heteroatoms. The average Bonchev–Trinajstić information content (AvgIpc) is 2.44. The molecule has 3 N–H and O–H groups in total. The van der Waals surface area contributed by atoms with Crippen LogP contribution >= 0.6 is 15.9 Å². The molecule has 0 bridgehead atoms. The Morgan fingerprint density at radius 3 is 2.85 bits per heavy atom. The molecule has 1 aliphatic rings. The first-order valence-electron chi connectivity index (χ1n) is 7.12. The van der Waals surface area contributed by atoms with E-state index in [2.05, 4.69) is 33.1 Å². The van der Waals surface area contributed by atoms with E-state index in [4.69, 9.17) is 5.73 Å². The third kappa shape index (κ3) is 3.96. The molecule has 0 aliphatic carbocycles. The Morgan fingerprint density at radius 2 is 2.15 bits per heavy atom. The SMILES string of the molecule is CC1CCN(CCNC(=O)c2cccc(N)c2Br)CC1. The predicted molar refractivity (Wildman–Crippen MR) is 85.7 cm³/mol. The van der Waals surface area contributed by atoms with Gasteiger partial charge in [-0.2, -0.15) is 0 Å². The number of nitrogens with two attached hydrogens (primary N) is 1. The molecule has 1 aliphatic heterocycles. The number of piperidine rings is 1. The van der Waals surface area contributed by atoms with Gasteiger partial charge in [-0.25, -0.2) is 0 Å². The van der Waals surface area contributed by atoms with Gasteiger partial charge < -0.3 is 16.0 Å². The maximum Gasteiger partial charge on any atom is 0.252 e. The van der Waals surface area contributed by atoms with E-state index in [1.165, 1.54) is 12.8 Å². The highest BCUT2D eigenvalue weighted by Crippen LogP contribution is 2.23. The highest BCUT2D eigenvalue weighted by atomic mass is 79.9. The fraction of sp³-hybridized carbons (Fsp3) is 0.533. The molecule has 0 saturated carbocycles. The number of benzene rings is 1. The van der Waals surface area contributed by atoms with Gasteiger partial charge >= 0.3 is 0 Å². The number of likely N-dealkylation sites (tertiary alicyclic amines) is 1. The van der Waals surface area contributed by atoms with E-state index in [1.807, 2.05) is 0 Å². The van der Waals surface area contributed by atoms with Crippen LogP contribution in [0.5, 0.6) is 0 Å². The van der Waals surface area contributed by atoms with Gasteiger partial charge in [0.15, 0.2) is 0 Å². The Labute approximate surface area is 128 Å². The van der Waals surface area contributed by atoms with E-state index in [0.29, 0.717) is 22.3 Å². The molecule has 1 saturated heterocycles. The molecule has 0 aromatic heterocycles. The lowest BCUT2D eigenvalue weighted by atomic mass is 9.99. The first-order valence-corrected chi connectivity index (χ1v) is 7.91. The van der Waals surface area contributed by atoms with Crippen LogP contribution in [0.4, 0.5) is 5.69 Å². The Morgan fingerprint density at radius 1 is 1.45 bits per heavy atom. The van der Waals surface area contributed by atoms with Crippen LogP contribution in [0.1, 0.15) is 30.1 Å². The van der Waals surface area contributed by atoms with Crippen LogP contribution in [0.3, 0.4) is 0 Å². The van der Waals surface area contributed by atoms with Gasteiger partial charge in [-0.15, -0.1) is 0 Å². The molecule has 4 nitrogen and oxygen atoms in total. The zero-order chi connectivity index (χ0) is 14.5. The van der Waals surface area contributed by atoms with Crippen LogP contribution in [-0.4, -0.2) is 37.0 Å². The van der Waals surface area contributed by atoms with Gasteiger partial charge in [-0.05, 0) is 59.9 Å². The summed E-state index contributed by atoms with van der Waals surface area (Å²) in [4.78, 5) is 14.5. The number of nitrogen functional groups attached to an aromatic ring is 1. The monoisotopic (exact) mass is 339 g/mol. The lowest BCUT2D eigenvalue weighted by Gasteiger charge is -2.30. The maximum absolute atomic E-state index is 12.1. The van der Waals surface area contributed by atoms with Gasteiger partial charge in [0.05, 0.1) is 10.0 Å². The zero-order valence-corrected chi connectivity index (χ0v) is 13.4. The number of nitrogens with zero attached hydrogens (tertiary/aromatic N) is 1. The molecule has 0 spiro atoms. The van der Waals surface area contributed by atoms with Gasteiger partial charge in [-0.3, -0.25) is 4.79 Å². The van der Waals surface area contributed by atoms with Crippen LogP contribution in [0, 0.1) is 5.92 Å². The molecule has 1 heterocycles. The van der Waals surface area contributed by atoms with E-state index < -0.39 is 0 Å². The number of nitrogens with one attached hydrogen (secondary N) is 1. The third-order valence-electron chi connectivity index (χ3n) is 3.86. The van der Waals surface area contributed by atoms with Gasteiger partial charge in [0.25, 0.3) is 5.91 Å². The normalized spacial score (nSPS) is 17.1. The molecule has 1 amide bonds. The third-order valence-corrected chi connectivity index (χ3v) is 4.75. The summed E-state index contributed by atoms with van der Waals surface area (Å²) in [5.41, 5.74) is 6.96. The highest BCUT2D eigenvalue weighted by molar-refractivity contribution is 9.10. The summed E-state index contributed by atoms with van der Waals surface area (Å²) in [6.45, 7) is 6.17. The molecule has 0 radical (unpaired) electrons. The molecule has 1 aromatic carbocycles. The maximum atomic E-state index is 12.1. The second-order valence-corrected chi connectivity index (χ2v) is 6.28. The molecule has 0 atom stereocenters. The summed E-state index contributed by atoms with van der Waals surface area (Å²) in [7, 11) is 0. The minimum Gasteiger partial charge on any atom is -0.398 e. The van der Waals surface area contributed by atoms with E-state index in [1.54, 1.807) is 18.2 Å². The first kappa shape index (κ1) is 15.3. The summed E-state index contributed by atoms with van der Waals surface area (Å²) >= 11 is 3.36. The smallest absolute Gasteiger partial charge is 0.252 e. The van der Waals surface area contributed by atoms with Crippen molar-refractivity contribution in [3.05, 3.63) is 28.2 Å². The fourth-order valence-electron chi connectivity index (χ4n) is 2.43. The number of amides is 1. The van der Waals surface area contributed by atoms with Crippen molar-refractivity contribution in [1.82, 2.24) is 10.2 Å². The molecule has 1 aromatic rings. The largest absolute Gasteiger partial charge is 0.398 e. The van der Waals surface area contributed by atoms with Crippen molar-refractivity contribution in [2.75, 3.05) is 31.9 Å². The number of hydrogen-bond donors (Lipinski definition) is 2. The summed E-state index contributed by atoms with van der Waals surface area (Å²) in [5, 5.41) is 2.96. The van der Waals surface area contributed by atoms with Crippen LogP contribution in [0.15, 0.2) is 22.7 Å². The standard InChI is InChI=1S/C15H22BrN3O/c1-11-5-8-19(9-6-11)10-7-18-15(20)12-3-2-4-13(17)14(12)16/h2-4,11H,5-10,17H2,1H3,(H,18,20). The van der Waals surface area contributed by atoms with E-state index in [0.717, 1.165) is 25.6 Å². The van der Waals surface area contributed by atoms with Crippen LogP contribution in [-0.2, 0) is 0 Å². The highest BCUT2D eigenvalue weighted by Gasteiger charge is 2.16. The molecular weight excluding hydrogens is 318 g/mol. The predicted octanol–water partition coefficient (Wildman–Crippen LogP) is 2.49. The van der Waals surface area contributed by atoms with Crippen molar-refractivity contribution in [1.29, 1.82) is 0 Å². The summed E-state index contributed by atoms with van der Waals surface area (Å²) in [5.74, 6) is 0.763. The van der Waals surface area contributed by atoms with Gasteiger partial charge in [-0.1, -0.05) is 13.0 Å². The Hall–Kier alpha value is -1.07. The molecular formula is C15H22BrN3O. The molecule has 0 unspecified atom stereocenters. The number of hydrogen-bond acceptors (Lipinski definition) is 3. The minimum absolute atomic E-state index is 0.0745. The number of carbonyl (C=O) groups excluding carboxylic acids is 1. The van der Waals surface area contributed by atoms with Crippen molar-refractivity contribution in [3.8, 4) is 0 Å². The van der Waals surface area contributed by atoms with E-state index in [9.17, 15) is 4.79 Å². The van der Waals surface area contributed by atoms with Gasteiger partial charge in [0, 0.05) is 18.8 Å². The van der Waals surface area contributed by atoms with Crippen molar-refractivity contribution in [3.63, 3.8) is 0 Å². The topological polar surface area (TPSA) is 58.4 Å². The minimum atomic E-state index is -0.0745. The zero-order valence-electron chi connectivity index (χ0n) is 11.9. The van der Waals surface area contributed by atoms with Gasteiger partial charge in [0.1, 0.15) is 0 Å². The van der Waals surface area contributed by atoms with Crippen LogP contribution in [0.25, 0.3) is 0 Å². The quantitative estimate of drug-likeness (QED) is 0.828. The van der Waals surface area contributed by atoms with Crippen molar-refractivity contribution in [2.45, 2.75) is 19.8 Å². The van der Waals surface area contributed by atoms with Crippen molar-refractivity contribution >= 4 is 27.5 Å². The summed E-state index contributed by atoms with van der Waals surface area (Å²) < 4.78 is 0.671.